The summed E-state index contributed by atoms with van der Waals surface area (Å²) in [4.78, 5) is 37.1. The van der Waals surface area contributed by atoms with Crippen LogP contribution in [0.2, 0.25) is 5.02 Å². The molecule has 1 saturated heterocycles. The number of rotatable bonds is 5. The third-order valence-electron chi connectivity index (χ3n) is 4.77. The molecule has 9 heteroatoms. The summed E-state index contributed by atoms with van der Waals surface area (Å²) in [5.74, 6) is -0.707. The number of nitro groups is 1. The smallest absolute Gasteiger partial charge is 0.278 e. The van der Waals surface area contributed by atoms with Crippen LogP contribution in [0.5, 0.6) is 0 Å². The molecule has 0 aromatic heterocycles. The van der Waals surface area contributed by atoms with Crippen molar-refractivity contribution in [3.8, 4) is 0 Å². The fourth-order valence-electron chi connectivity index (χ4n) is 3.17. The maximum absolute atomic E-state index is 12.6. The number of amides is 2. The van der Waals surface area contributed by atoms with E-state index in [1.165, 1.54) is 12.3 Å². The number of benzene rings is 2. The first-order valence-electron chi connectivity index (χ1n) is 9.07. The van der Waals surface area contributed by atoms with Crippen LogP contribution in [0.15, 0.2) is 53.6 Å². The van der Waals surface area contributed by atoms with E-state index in [1.54, 1.807) is 47.4 Å². The van der Waals surface area contributed by atoms with Gasteiger partial charge in [0.15, 0.2) is 0 Å². The molecule has 1 heterocycles. The number of piperidine rings is 1. The molecule has 1 aliphatic rings. The molecule has 0 spiro atoms. The number of hydrogen-bond acceptors (Lipinski definition) is 5. The van der Waals surface area contributed by atoms with E-state index in [2.05, 4.69) is 10.5 Å². The number of hydrogen-bond donors (Lipinski definition) is 1. The average molecular weight is 415 g/mol. The summed E-state index contributed by atoms with van der Waals surface area (Å²) in [7, 11) is 0. The van der Waals surface area contributed by atoms with Crippen LogP contribution in [0.25, 0.3) is 0 Å². The number of carbonyl (C=O) groups is 2. The summed E-state index contributed by atoms with van der Waals surface area (Å²) in [5.41, 5.74) is 3.10. The van der Waals surface area contributed by atoms with Gasteiger partial charge in [0.25, 0.3) is 11.6 Å². The Morgan fingerprint density at radius 1 is 1.14 bits per heavy atom. The predicted octanol–water partition coefficient (Wildman–Crippen LogP) is 3.25. The lowest BCUT2D eigenvalue weighted by atomic mass is 9.95. The summed E-state index contributed by atoms with van der Waals surface area (Å²) in [6, 6.07) is 13.0. The molecule has 3 rings (SSSR count). The molecule has 2 amide bonds. The lowest BCUT2D eigenvalue weighted by Crippen LogP contribution is -2.42. The number of nitrogens with one attached hydrogen (secondary N) is 1. The molecule has 0 aliphatic carbocycles. The fraction of sp³-hybridized carbons (Fsp3) is 0.250. The van der Waals surface area contributed by atoms with Crippen molar-refractivity contribution in [3.63, 3.8) is 0 Å². The summed E-state index contributed by atoms with van der Waals surface area (Å²) in [5, 5.41) is 15.2. The molecule has 8 nitrogen and oxygen atoms in total. The second-order valence-corrected chi connectivity index (χ2v) is 7.00. The molecule has 0 bridgehead atoms. The van der Waals surface area contributed by atoms with Crippen molar-refractivity contribution in [2.75, 3.05) is 13.1 Å². The third kappa shape index (κ3) is 4.97. The van der Waals surface area contributed by atoms with Gasteiger partial charge in [-0.1, -0.05) is 35.9 Å². The van der Waals surface area contributed by atoms with Gasteiger partial charge < -0.3 is 4.90 Å². The molecule has 29 heavy (non-hydrogen) atoms. The summed E-state index contributed by atoms with van der Waals surface area (Å²) in [6.07, 6.45) is 2.26. The SMILES string of the molecule is O=C(N/N=C\c1ccccc1[N+](=O)[O-])C1CCN(C(=O)c2ccccc2Cl)CC1. The number of carbonyl (C=O) groups excluding carboxylic acids is 2. The van der Waals surface area contributed by atoms with E-state index in [0.717, 1.165) is 0 Å². The topological polar surface area (TPSA) is 105 Å². The highest BCUT2D eigenvalue weighted by atomic mass is 35.5. The first kappa shape index (κ1) is 20.5. The number of nitrogens with zero attached hydrogens (tertiary/aromatic N) is 3. The van der Waals surface area contributed by atoms with Crippen molar-refractivity contribution in [2.24, 2.45) is 11.0 Å². The van der Waals surface area contributed by atoms with Gasteiger partial charge in [-0.15, -0.1) is 0 Å². The molecular weight excluding hydrogens is 396 g/mol. The van der Waals surface area contributed by atoms with Crippen LogP contribution in [0.4, 0.5) is 5.69 Å². The van der Waals surface area contributed by atoms with E-state index in [0.29, 0.717) is 42.1 Å². The molecule has 0 unspecified atom stereocenters. The first-order chi connectivity index (χ1) is 14.0. The Morgan fingerprint density at radius 2 is 1.79 bits per heavy atom. The zero-order valence-corrected chi connectivity index (χ0v) is 16.2. The number of halogens is 1. The number of para-hydroxylation sites is 1. The second-order valence-electron chi connectivity index (χ2n) is 6.60. The van der Waals surface area contributed by atoms with E-state index >= 15 is 0 Å². The maximum atomic E-state index is 12.6. The van der Waals surface area contributed by atoms with Crippen LogP contribution in [0, 0.1) is 16.0 Å². The highest BCUT2D eigenvalue weighted by Gasteiger charge is 2.28. The van der Waals surface area contributed by atoms with Crippen molar-refractivity contribution >= 4 is 35.3 Å². The van der Waals surface area contributed by atoms with Gasteiger partial charge in [-0.3, -0.25) is 19.7 Å². The van der Waals surface area contributed by atoms with E-state index < -0.39 is 4.92 Å². The molecule has 0 radical (unpaired) electrons. The van der Waals surface area contributed by atoms with Gasteiger partial charge in [0.2, 0.25) is 5.91 Å². The van der Waals surface area contributed by atoms with Crippen molar-refractivity contribution < 1.29 is 14.5 Å². The highest BCUT2D eigenvalue weighted by Crippen LogP contribution is 2.22. The molecule has 0 saturated carbocycles. The quantitative estimate of drug-likeness (QED) is 0.460. The number of likely N-dealkylation sites (tertiary alicyclic amines) is 1. The second kappa shape index (κ2) is 9.29. The van der Waals surface area contributed by atoms with Gasteiger partial charge in [0.1, 0.15) is 0 Å². The Kier molecular flexibility index (Phi) is 6.56. The van der Waals surface area contributed by atoms with E-state index in [9.17, 15) is 19.7 Å². The minimum absolute atomic E-state index is 0.0862. The van der Waals surface area contributed by atoms with Crippen LogP contribution in [-0.2, 0) is 4.79 Å². The van der Waals surface area contributed by atoms with Gasteiger partial charge >= 0.3 is 0 Å². The van der Waals surface area contributed by atoms with Crippen LogP contribution in [0.3, 0.4) is 0 Å². The largest absolute Gasteiger partial charge is 0.339 e. The Morgan fingerprint density at radius 3 is 2.48 bits per heavy atom. The molecule has 2 aromatic carbocycles. The minimum Gasteiger partial charge on any atom is -0.339 e. The Balaban J connectivity index is 1.54. The van der Waals surface area contributed by atoms with E-state index in [1.807, 2.05) is 0 Å². The van der Waals surface area contributed by atoms with Crippen LogP contribution in [-0.4, -0.2) is 40.9 Å². The van der Waals surface area contributed by atoms with Crippen molar-refractivity contribution in [3.05, 3.63) is 74.8 Å². The zero-order valence-electron chi connectivity index (χ0n) is 15.5. The molecule has 1 aliphatic heterocycles. The van der Waals surface area contributed by atoms with Crippen LogP contribution >= 0.6 is 11.6 Å². The summed E-state index contributed by atoms with van der Waals surface area (Å²) < 4.78 is 0. The lowest BCUT2D eigenvalue weighted by Gasteiger charge is -2.31. The van der Waals surface area contributed by atoms with Crippen molar-refractivity contribution in [2.45, 2.75) is 12.8 Å². The molecule has 2 aromatic rings. The number of nitro benzene ring substituents is 1. The lowest BCUT2D eigenvalue weighted by molar-refractivity contribution is -0.385. The molecule has 0 atom stereocenters. The molecule has 1 fully saturated rings. The maximum Gasteiger partial charge on any atom is 0.278 e. The normalized spacial score (nSPS) is 14.7. The van der Waals surface area contributed by atoms with Gasteiger partial charge in [0.05, 0.1) is 27.3 Å². The van der Waals surface area contributed by atoms with E-state index in [-0.39, 0.29) is 23.4 Å². The van der Waals surface area contributed by atoms with Crippen LogP contribution in [0.1, 0.15) is 28.8 Å². The standard InChI is InChI=1S/C20H19ClN4O4/c21-17-7-3-2-6-16(17)20(27)24-11-9-14(10-12-24)19(26)23-22-13-15-5-1-4-8-18(15)25(28)29/h1-8,13-14H,9-12H2,(H,23,26)/b22-13-. The summed E-state index contributed by atoms with van der Waals surface area (Å²) in [6.45, 7) is 0.881. The highest BCUT2D eigenvalue weighted by molar-refractivity contribution is 6.33. The Hall–Kier alpha value is -3.26. The monoisotopic (exact) mass is 414 g/mol. The average Bonchev–Trinajstić information content (AvgIpc) is 2.74. The molecule has 1 N–H and O–H groups in total. The van der Waals surface area contributed by atoms with Gasteiger partial charge in [0, 0.05) is 25.1 Å². The number of hydrazone groups is 1. The van der Waals surface area contributed by atoms with Crippen molar-refractivity contribution in [1.82, 2.24) is 10.3 Å². The summed E-state index contributed by atoms with van der Waals surface area (Å²) >= 11 is 6.09. The molecule has 150 valence electrons. The van der Waals surface area contributed by atoms with Gasteiger partial charge in [-0.2, -0.15) is 5.10 Å². The molecular formula is C20H19ClN4O4. The zero-order chi connectivity index (χ0) is 20.8. The Bertz CT molecular complexity index is 955. The first-order valence-corrected chi connectivity index (χ1v) is 9.45. The van der Waals surface area contributed by atoms with Crippen LogP contribution < -0.4 is 5.43 Å². The van der Waals surface area contributed by atoms with E-state index in [4.69, 9.17) is 11.6 Å². The fourth-order valence-corrected chi connectivity index (χ4v) is 3.39. The predicted molar refractivity (Wildman–Crippen MR) is 109 cm³/mol. The van der Waals surface area contributed by atoms with Gasteiger partial charge in [-0.05, 0) is 31.0 Å². The third-order valence-corrected chi connectivity index (χ3v) is 5.10. The minimum atomic E-state index is -0.505. The van der Waals surface area contributed by atoms with Crippen molar-refractivity contribution in [1.29, 1.82) is 0 Å². The Labute approximate surface area is 172 Å². The van der Waals surface area contributed by atoms with Gasteiger partial charge in [-0.25, -0.2) is 5.43 Å².